The lowest BCUT2D eigenvalue weighted by Crippen LogP contribution is -2.51. The van der Waals surface area contributed by atoms with Crippen molar-refractivity contribution in [2.75, 3.05) is 19.3 Å². The van der Waals surface area contributed by atoms with Gasteiger partial charge >= 0.3 is 0 Å². The summed E-state index contributed by atoms with van der Waals surface area (Å²) in [6, 6.07) is 3.34. The molecule has 0 aromatic carbocycles. The first-order valence-electron chi connectivity index (χ1n) is 6.10. The molecular weight excluding hydrogens is 346 g/mol. The molecule has 6 nitrogen and oxygen atoms in total. The first kappa shape index (κ1) is 15.2. The van der Waals surface area contributed by atoms with Gasteiger partial charge in [-0.15, -0.1) is 0 Å². The van der Waals surface area contributed by atoms with E-state index < -0.39 is 4.75 Å². The first-order chi connectivity index (χ1) is 9.52. The zero-order valence-electron chi connectivity index (χ0n) is 11.0. The molecule has 1 aliphatic heterocycles. The number of carbonyl (C=O) groups excluding carboxylic acids is 1. The van der Waals surface area contributed by atoms with Gasteiger partial charge in [-0.3, -0.25) is 4.79 Å². The van der Waals surface area contributed by atoms with Crippen LogP contribution in [0.5, 0.6) is 0 Å². The van der Waals surface area contributed by atoms with E-state index in [1.54, 1.807) is 28.8 Å². The molecular formula is C12H16BrN3O3S. The molecule has 20 heavy (non-hydrogen) atoms. The molecule has 2 heterocycles. The summed E-state index contributed by atoms with van der Waals surface area (Å²) in [5.41, 5.74) is 5.78. The van der Waals surface area contributed by atoms with Crippen molar-refractivity contribution in [2.24, 2.45) is 10.9 Å². The first-order valence-corrected chi connectivity index (χ1v) is 8.12. The van der Waals surface area contributed by atoms with Crippen LogP contribution in [0.15, 0.2) is 26.4 Å². The Balaban J connectivity index is 2.06. The fourth-order valence-electron chi connectivity index (χ4n) is 2.31. The van der Waals surface area contributed by atoms with Gasteiger partial charge in [0.05, 0.1) is 4.75 Å². The van der Waals surface area contributed by atoms with Crippen molar-refractivity contribution in [1.29, 1.82) is 0 Å². The maximum Gasteiger partial charge on any atom is 0.289 e. The molecule has 110 valence electrons. The number of thioether (sulfide) groups is 1. The molecule has 1 fully saturated rings. The number of hydrogen-bond donors (Lipinski definition) is 2. The summed E-state index contributed by atoms with van der Waals surface area (Å²) < 4.78 is 5.42. The highest BCUT2D eigenvalue weighted by Crippen LogP contribution is 2.35. The van der Waals surface area contributed by atoms with Crippen molar-refractivity contribution >= 4 is 39.4 Å². The summed E-state index contributed by atoms with van der Waals surface area (Å²) >= 11 is 4.74. The number of likely N-dealkylation sites (tertiary alicyclic amines) is 1. The summed E-state index contributed by atoms with van der Waals surface area (Å²) in [6.45, 7) is 1.10. The molecule has 0 atom stereocenters. The lowest BCUT2D eigenvalue weighted by Gasteiger charge is -2.39. The van der Waals surface area contributed by atoms with E-state index in [1.165, 1.54) is 0 Å². The molecule has 1 saturated heterocycles. The van der Waals surface area contributed by atoms with E-state index in [4.69, 9.17) is 15.4 Å². The normalized spacial score (nSPS) is 19.1. The van der Waals surface area contributed by atoms with Crippen molar-refractivity contribution in [2.45, 2.75) is 17.6 Å². The average molecular weight is 362 g/mol. The van der Waals surface area contributed by atoms with Crippen LogP contribution < -0.4 is 5.73 Å². The van der Waals surface area contributed by atoms with Crippen LogP contribution in [0.25, 0.3) is 0 Å². The van der Waals surface area contributed by atoms with Crippen LogP contribution in [0, 0.1) is 0 Å². The number of piperidine rings is 1. The standard InChI is InChI=1S/C12H16BrN3O3S/c1-20-12(11(14)15-18)4-6-16(7-5-12)10(17)8-2-3-9(13)19-8/h2-3,18H,4-7H2,1H3,(H2,14,15). The zero-order valence-corrected chi connectivity index (χ0v) is 13.4. The molecule has 0 aliphatic carbocycles. The average Bonchev–Trinajstić information content (AvgIpc) is 2.92. The lowest BCUT2D eigenvalue weighted by molar-refractivity contribution is 0.0684. The summed E-state index contributed by atoms with van der Waals surface area (Å²) in [4.78, 5) is 14.0. The molecule has 0 unspecified atom stereocenters. The van der Waals surface area contributed by atoms with Crippen LogP contribution >= 0.6 is 27.7 Å². The van der Waals surface area contributed by atoms with E-state index >= 15 is 0 Å². The van der Waals surface area contributed by atoms with Crippen molar-refractivity contribution in [1.82, 2.24) is 4.90 Å². The van der Waals surface area contributed by atoms with Gasteiger partial charge in [0.1, 0.15) is 0 Å². The minimum absolute atomic E-state index is 0.134. The molecule has 0 bridgehead atoms. The van der Waals surface area contributed by atoms with E-state index in [9.17, 15) is 4.79 Å². The molecule has 1 aliphatic rings. The highest BCUT2D eigenvalue weighted by molar-refractivity contribution is 9.10. The topological polar surface area (TPSA) is 92.1 Å². The molecule has 0 spiro atoms. The van der Waals surface area contributed by atoms with E-state index in [0.29, 0.717) is 36.4 Å². The van der Waals surface area contributed by atoms with Gasteiger partial charge in [0, 0.05) is 13.1 Å². The Morgan fingerprint density at radius 2 is 2.20 bits per heavy atom. The monoisotopic (exact) mass is 361 g/mol. The van der Waals surface area contributed by atoms with E-state index in [2.05, 4.69) is 21.1 Å². The fourth-order valence-corrected chi connectivity index (χ4v) is 3.46. The number of hydrogen-bond acceptors (Lipinski definition) is 5. The number of oxime groups is 1. The zero-order chi connectivity index (χ0) is 14.8. The van der Waals surface area contributed by atoms with Crippen LogP contribution in [0.3, 0.4) is 0 Å². The number of rotatable bonds is 3. The Morgan fingerprint density at radius 3 is 2.65 bits per heavy atom. The Hall–Kier alpha value is -1.15. The smallest absolute Gasteiger partial charge is 0.289 e. The van der Waals surface area contributed by atoms with Crippen molar-refractivity contribution in [3.8, 4) is 0 Å². The molecule has 1 aromatic rings. The molecule has 1 amide bonds. The fraction of sp³-hybridized carbons (Fsp3) is 0.500. The largest absolute Gasteiger partial charge is 0.444 e. The van der Waals surface area contributed by atoms with Crippen molar-refractivity contribution in [3.05, 3.63) is 22.6 Å². The van der Waals surface area contributed by atoms with Gasteiger partial charge in [-0.2, -0.15) is 11.8 Å². The number of nitrogens with zero attached hydrogens (tertiary/aromatic N) is 2. The summed E-state index contributed by atoms with van der Waals surface area (Å²) in [5.74, 6) is 0.403. The highest BCUT2D eigenvalue weighted by atomic mass is 79.9. The maximum atomic E-state index is 12.2. The number of nitrogens with two attached hydrogens (primary N) is 1. The van der Waals surface area contributed by atoms with Gasteiger partial charge in [-0.25, -0.2) is 0 Å². The molecule has 0 saturated carbocycles. The minimum atomic E-state index is -0.394. The Kier molecular flexibility index (Phi) is 4.64. The number of furan rings is 1. The second kappa shape index (κ2) is 6.09. The van der Waals surface area contributed by atoms with Crippen LogP contribution in [0.4, 0.5) is 0 Å². The van der Waals surface area contributed by atoms with Crippen molar-refractivity contribution in [3.63, 3.8) is 0 Å². The van der Waals surface area contributed by atoms with Crippen LogP contribution in [-0.4, -0.2) is 45.9 Å². The molecule has 0 radical (unpaired) electrons. The van der Waals surface area contributed by atoms with E-state index in [1.807, 2.05) is 6.26 Å². The van der Waals surface area contributed by atoms with E-state index in [-0.39, 0.29) is 11.7 Å². The molecule has 2 rings (SSSR count). The lowest BCUT2D eigenvalue weighted by atomic mass is 9.94. The Bertz CT molecular complexity index is 524. The summed E-state index contributed by atoms with van der Waals surface area (Å²) in [5, 5.41) is 12.0. The van der Waals surface area contributed by atoms with Gasteiger partial charge in [0.2, 0.25) is 0 Å². The molecule has 3 N–H and O–H groups in total. The highest BCUT2D eigenvalue weighted by Gasteiger charge is 2.39. The number of amidine groups is 1. The van der Waals surface area contributed by atoms with Gasteiger partial charge < -0.3 is 20.3 Å². The number of amides is 1. The molecule has 8 heteroatoms. The maximum absolute atomic E-state index is 12.2. The second-order valence-corrected chi connectivity index (χ2v) is 6.55. The Morgan fingerprint density at radius 1 is 1.55 bits per heavy atom. The summed E-state index contributed by atoms with van der Waals surface area (Å²) in [7, 11) is 0. The predicted molar refractivity (Wildman–Crippen MR) is 81.2 cm³/mol. The van der Waals surface area contributed by atoms with E-state index in [0.717, 1.165) is 0 Å². The Labute approximate surface area is 129 Å². The second-order valence-electron chi connectivity index (χ2n) is 4.58. The number of carbonyl (C=O) groups is 1. The van der Waals surface area contributed by atoms with Crippen molar-refractivity contribution < 1.29 is 14.4 Å². The van der Waals surface area contributed by atoms with Gasteiger partial charge in [-0.1, -0.05) is 5.16 Å². The van der Waals surface area contributed by atoms with Gasteiger partial charge in [-0.05, 0) is 47.2 Å². The minimum Gasteiger partial charge on any atom is -0.444 e. The van der Waals surface area contributed by atoms with Gasteiger partial charge in [0.25, 0.3) is 5.91 Å². The number of halogens is 1. The third kappa shape index (κ3) is 2.80. The quantitative estimate of drug-likeness (QED) is 0.372. The third-order valence-corrected chi connectivity index (χ3v) is 5.43. The SMILES string of the molecule is CSC1(C(N)=NO)CCN(C(=O)c2ccc(Br)o2)CC1. The molecule has 1 aromatic heterocycles. The predicted octanol–water partition coefficient (Wildman–Crippen LogP) is 2.13. The van der Waals surface area contributed by atoms with Crippen LogP contribution in [-0.2, 0) is 0 Å². The third-order valence-electron chi connectivity index (χ3n) is 3.61. The summed E-state index contributed by atoms with van der Waals surface area (Å²) in [6.07, 6.45) is 3.23. The van der Waals surface area contributed by atoms with Crippen LogP contribution in [0.1, 0.15) is 23.4 Å². The van der Waals surface area contributed by atoms with Crippen LogP contribution in [0.2, 0.25) is 0 Å². The van der Waals surface area contributed by atoms with Gasteiger partial charge in [0.15, 0.2) is 16.3 Å².